The normalized spacial score (nSPS) is 10.0. The quantitative estimate of drug-likeness (QED) is 0.607. The van der Waals surface area contributed by atoms with Crippen molar-refractivity contribution in [1.29, 1.82) is 0 Å². The van der Waals surface area contributed by atoms with E-state index in [2.05, 4.69) is 0 Å². The molecule has 0 aromatic heterocycles. The Bertz CT molecular complexity index is 553. The maximum Gasteiger partial charge on any atom is 0.151 e. The summed E-state index contributed by atoms with van der Waals surface area (Å²) in [5.74, 6) is 0. The molecule has 90 valence electrons. The Labute approximate surface area is 113 Å². The number of aldehydes is 2. The molecule has 0 unspecified atom stereocenters. The monoisotopic (exact) mass is 274 g/mol. The van der Waals surface area contributed by atoms with Gasteiger partial charge in [-0.25, -0.2) is 0 Å². The summed E-state index contributed by atoms with van der Waals surface area (Å²) < 4.78 is 0. The molecule has 0 aliphatic carbocycles. The van der Waals surface area contributed by atoms with E-state index >= 15 is 0 Å². The molecular weight excluding hydrogens is 264 g/mol. The van der Waals surface area contributed by atoms with E-state index in [4.69, 9.17) is 0 Å². The highest BCUT2D eigenvalue weighted by Crippen LogP contribution is 2.38. The van der Waals surface area contributed by atoms with Crippen LogP contribution in [0, 0.1) is 0 Å². The second kappa shape index (κ2) is 6.42. The maximum atomic E-state index is 11.0. The molecule has 0 heterocycles. The number of benzene rings is 2. The fraction of sp³-hybridized carbons (Fsp3) is 0. The second-order valence-electron chi connectivity index (χ2n) is 3.47. The van der Waals surface area contributed by atoms with Gasteiger partial charge < -0.3 is 0 Å². The van der Waals surface area contributed by atoms with Gasteiger partial charge in [-0.3, -0.25) is 9.59 Å². The van der Waals surface area contributed by atoms with Gasteiger partial charge in [0.25, 0.3) is 0 Å². The predicted octanol–water partition coefficient (Wildman–Crippen LogP) is 4.11. The van der Waals surface area contributed by atoms with Crippen molar-refractivity contribution < 1.29 is 9.59 Å². The van der Waals surface area contributed by atoms with E-state index < -0.39 is 0 Å². The molecule has 0 aliphatic rings. The average Bonchev–Trinajstić information content (AvgIpc) is 2.45. The highest BCUT2D eigenvalue weighted by Gasteiger charge is 2.08. The summed E-state index contributed by atoms with van der Waals surface area (Å²) in [5, 5.41) is 0. The number of hydrogen-bond donors (Lipinski definition) is 0. The molecule has 2 rings (SSSR count). The van der Waals surface area contributed by atoms with Crippen LogP contribution in [-0.2, 0) is 0 Å². The van der Waals surface area contributed by atoms with Crippen LogP contribution in [0.15, 0.2) is 58.3 Å². The van der Waals surface area contributed by atoms with Crippen molar-refractivity contribution in [1.82, 2.24) is 0 Å². The third-order valence-corrected chi connectivity index (χ3v) is 4.77. The molecule has 2 nitrogen and oxygen atoms in total. The molecule has 18 heavy (non-hydrogen) atoms. The van der Waals surface area contributed by atoms with E-state index in [1.54, 1.807) is 22.9 Å². The molecule has 0 bridgehead atoms. The summed E-state index contributed by atoms with van der Waals surface area (Å²) in [6.07, 6.45) is 1.44. The Morgan fingerprint density at radius 2 is 1.56 bits per heavy atom. The molecule has 0 saturated carbocycles. The molecule has 0 aliphatic heterocycles. The van der Waals surface area contributed by atoms with Crippen LogP contribution in [-0.4, -0.2) is 12.6 Å². The van der Waals surface area contributed by atoms with Crippen LogP contribution in [0.1, 0.15) is 20.7 Å². The fourth-order valence-electron chi connectivity index (χ4n) is 1.43. The first-order chi connectivity index (χ1) is 8.85. The van der Waals surface area contributed by atoms with Crippen molar-refractivity contribution in [2.45, 2.75) is 9.79 Å². The van der Waals surface area contributed by atoms with Crippen molar-refractivity contribution in [3.63, 3.8) is 0 Å². The Kier molecular flexibility index (Phi) is 4.61. The van der Waals surface area contributed by atoms with Crippen molar-refractivity contribution in [2.24, 2.45) is 0 Å². The third-order valence-electron chi connectivity index (χ3n) is 2.32. The number of hydrogen-bond acceptors (Lipinski definition) is 4. The first-order valence-corrected chi connectivity index (χ1v) is 7.43. The van der Waals surface area contributed by atoms with E-state index in [1.165, 1.54) is 10.8 Å². The van der Waals surface area contributed by atoms with Crippen LogP contribution >= 0.6 is 21.6 Å². The lowest BCUT2D eigenvalue weighted by Crippen LogP contribution is -1.92. The molecular formula is C14H10O2S2. The largest absolute Gasteiger partial charge is 0.298 e. The minimum Gasteiger partial charge on any atom is -0.298 e. The molecule has 0 saturated heterocycles. The number of carbonyl (C=O) groups is 2. The highest BCUT2D eigenvalue weighted by molar-refractivity contribution is 8.76. The van der Waals surface area contributed by atoms with E-state index in [0.717, 1.165) is 16.1 Å². The van der Waals surface area contributed by atoms with Crippen molar-refractivity contribution in [3.8, 4) is 0 Å². The van der Waals surface area contributed by atoms with E-state index in [0.29, 0.717) is 17.4 Å². The zero-order chi connectivity index (χ0) is 12.8. The highest BCUT2D eigenvalue weighted by atomic mass is 33.1. The Hall–Kier alpha value is -1.52. The van der Waals surface area contributed by atoms with Crippen LogP contribution in [0.2, 0.25) is 0 Å². The van der Waals surface area contributed by atoms with Gasteiger partial charge in [-0.15, -0.1) is 0 Å². The van der Waals surface area contributed by atoms with Gasteiger partial charge >= 0.3 is 0 Å². The number of carbonyl (C=O) groups excluding carboxylic acids is 2. The maximum absolute atomic E-state index is 11.0. The van der Waals surface area contributed by atoms with Gasteiger partial charge in [0.05, 0.1) is 0 Å². The van der Waals surface area contributed by atoms with Crippen molar-refractivity contribution in [2.75, 3.05) is 0 Å². The molecule has 0 radical (unpaired) electrons. The first kappa shape index (κ1) is 12.9. The van der Waals surface area contributed by atoms with Crippen molar-refractivity contribution >= 4 is 34.2 Å². The van der Waals surface area contributed by atoms with Crippen molar-refractivity contribution in [3.05, 3.63) is 59.7 Å². The zero-order valence-electron chi connectivity index (χ0n) is 9.41. The Morgan fingerprint density at radius 3 is 2.22 bits per heavy atom. The van der Waals surface area contributed by atoms with Crippen LogP contribution in [0.25, 0.3) is 0 Å². The smallest absolute Gasteiger partial charge is 0.151 e. The van der Waals surface area contributed by atoms with Gasteiger partial charge in [-0.2, -0.15) is 0 Å². The Morgan fingerprint density at radius 1 is 0.778 bits per heavy atom. The lowest BCUT2D eigenvalue weighted by molar-refractivity contribution is 0.109. The molecule has 0 amide bonds. The summed E-state index contributed by atoms with van der Waals surface area (Å²) in [6, 6.07) is 15.2. The second-order valence-corrected chi connectivity index (χ2v) is 5.72. The van der Waals surface area contributed by atoms with Gasteiger partial charge in [0.15, 0.2) is 12.6 Å². The summed E-state index contributed by atoms with van der Waals surface area (Å²) in [6.45, 7) is 0. The van der Waals surface area contributed by atoms with Gasteiger partial charge in [-0.05, 0) is 18.2 Å². The fourth-order valence-corrected chi connectivity index (χ4v) is 3.60. The lowest BCUT2D eigenvalue weighted by atomic mass is 10.1. The van der Waals surface area contributed by atoms with Crippen LogP contribution in [0.3, 0.4) is 0 Å². The molecule has 0 N–H and O–H groups in total. The minimum absolute atomic E-state index is 0.434. The summed E-state index contributed by atoms with van der Waals surface area (Å²) >= 11 is 0. The molecule has 4 heteroatoms. The van der Waals surface area contributed by atoms with E-state index in [1.807, 2.05) is 36.4 Å². The molecule has 2 aromatic carbocycles. The summed E-state index contributed by atoms with van der Waals surface area (Å²) in [7, 11) is 3.04. The van der Waals surface area contributed by atoms with Gasteiger partial charge in [0.1, 0.15) is 0 Å². The first-order valence-electron chi connectivity index (χ1n) is 5.28. The summed E-state index contributed by atoms with van der Waals surface area (Å²) in [5.41, 5.74) is 0.893. The minimum atomic E-state index is 0.434. The standard InChI is InChI=1S/C14H10O2S2/c15-9-11-5-4-8-14(13(11)10-16)18-17-12-6-2-1-3-7-12/h1-10H. The molecule has 0 spiro atoms. The lowest BCUT2D eigenvalue weighted by Gasteiger charge is -2.05. The topological polar surface area (TPSA) is 34.1 Å². The van der Waals surface area contributed by atoms with Crippen LogP contribution in [0.5, 0.6) is 0 Å². The van der Waals surface area contributed by atoms with E-state index in [9.17, 15) is 9.59 Å². The third kappa shape index (κ3) is 3.03. The average molecular weight is 274 g/mol. The van der Waals surface area contributed by atoms with Crippen LogP contribution in [0.4, 0.5) is 0 Å². The molecule has 0 atom stereocenters. The predicted molar refractivity (Wildman–Crippen MR) is 75.4 cm³/mol. The van der Waals surface area contributed by atoms with E-state index in [-0.39, 0.29) is 0 Å². The molecule has 2 aromatic rings. The number of rotatable bonds is 5. The SMILES string of the molecule is O=Cc1cccc(SSc2ccccc2)c1C=O. The summed E-state index contributed by atoms with van der Waals surface area (Å²) in [4.78, 5) is 23.8. The van der Waals surface area contributed by atoms with Gasteiger partial charge in [0.2, 0.25) is 0 Å². The molecule has 0 fully saturated rings. The van der Waals surface area contributed by atoms with Gasteiger partial charge in [0, 0.05) is 20.9 Å². The Balaban J connectivity index is 2.19. The van der Waals surface area contributed by atoms with Gasteiger partial charge in [-0.1, -0.05) is 51.9 Å². The zero-order valence-corrected chi connectivity index (χ0v) is 11.0. The van der Waals surface area contributed by atoms with Crippen LogP contribution < -0.4 is 0 Å².